The number of carbonyl (C=O) groups is 1. The van der Waals surface area contributed by atoms with Gasteiger partial charge in [0.1, 0.15) is 0 Å². The van der Waals surface area contributed by atoms with Crippen LogP contribution in [0.25, 0.3) is 11.3 Å². The lowest BCUT2D eigenvalue weighted by Crippen LogP contribution is -2.02. The number of carboxylic acids is 1. The Morgan fingerprint density at radius 2 is 2.10 bits per heavy atom. The Morgan fingerprint density at radius 3 is 2.90 bits per heavy atom. The highest BCUT2D eigenvalue weighted by Crippen LogP contribution is 2.34. The van der Waals surface area contributed by atoms with Gasteiger partial charge in [0.25, 0.3) is 0 Å². The van der Waals surface area contributed by atoms with Crippen LogP contribution >= 0.6 is 0 Å². The van der Waals surface area contributed by atoms with Crippen molar-refractivity contribution in [2.24, 2.45) is 0 Å². The van der Waals surface area contributed by atoms with Gasteiger partial charge in [-0.05, 0) is 18.2 Å². The molecule has 1 aromatic heterocycles. The average Bonchev–Trinajstić information content (AvgIpc) is 2.74. The Balaban J connectivity index is 1.96. The minimum atomic E-state index is -0.898. The van der Waals surface area contributed by atoms with Crippen LogP contribution in [0.4, 0.5) is 0 Å². The number of ether oxygens (including phenoxy) is 2. The summed E-state index contributed by atoms with van der Waals surface area (Å²) in [5.41, 5.74) is 2.02. The lowest BCUT2D eigenvalue weighted by molar-refractivity contribution is -0.136. The molecule has 0 radical (unpaired) electrons. The quantitative estimate of drug-likeness (QED) is 0.892. The normalized spacial score (nSPS) is 13.8. The molecule has 0 spiro atoms. The molecule has 1 aliphatic rings. The zero-order valence-electron chi connectivity index (χ0n) is 10.8. The molecule has 0 saturated heterocycles. The number of imidazole rings is 1. The van der Waals surface area contributed by atoms with Gasteiger partial charge in [0.15, 0.2) is 11.5 Å². The fourth-order valence-electron chi connectivity index (χ4n) is 2.17. The van der Waals surface area contributed by atoms with Gasteiger partial charge in [0, 0.05) is 12.0 Å². The second-order valence-electron chi connectivity index (χ2n) is 4.51. The van der Waals surface area contributed by atoms with Crippen LogP contribution in [0.15, 0.2) is 24.5 Å². The Labute approximate surface area is 115 Å². The summed E-state index contributed by atoms with van der Waals surface area (Å²) >= 11 is 0. The van der Waals surface area contributed by atoms with Crippen LogP contribution in [0, 0.1) is 0 Å². The maximum atomic E-state index is 10.8. The highest BCUT2D eigenvalue weighted by Gasteiger charge is 2.15. The summed E-state index contributed by atoms with van der Waals surface area (Å²) < 4.78 is 11.2. The van der Waals surface area contributed by atoms with Gasteiger partial charge < -0.3 is 19.6 Å². The zero-order valence-corrected chi connectivity index (χ0v) is 10.8. The molecule has 0 atom stereocenters. The number of benzene rings is 1. The first-order valence-corrected chi connectivity index (χ1v) is 6.38. The van der Waals surface area contributed by atoms with E-state index >= 15 is 0 Å². The van der Waals surface area contributed by atoms with Crippen LogP contribution in [-0.4, -0.2) is 34.3 Å². The van der Waals surface area contributed by atoms with Crippen molar-refractivity contribution >= 4 is 5.97 Å². The van der Waals surface area contributed by atoms with Crippen molar-refractivity contribution in [3.63, 3.8) is 0 Å². The van der Waals surface area contributed by atoms with Crippen molar-refractivity contribution in [1.82, 2.24) is 9.97 Å². The third kappa shape index (κ3) is 2.45. The predicted molar refractivity (Wildman–Crippen MR) is 71.0 cm³/mol. The van der Waals surface area contributed by atoms with E-state index in [2.05, 4.69) is 9.97 Å². The third-order valence-electron chi connectivity index (χ3n) is 3.07. The van der Waals surface area contributed by atoms with E-state index in [0.29, 0.717) is 36.1 Å². The number of rotatable bonds is 3. The molecule has 20 heavy (non-hydrogen) atoms. The van der Waals surface area contributed by atoms with Crippen molar-refractivity contribution in [3.05, 3.63) is 30.2 Å². The second kappa shape index (κ2) is 5.24. The van der Waals surface area contributed by atoms with Crippen molar-refractivity contribution in [2.75, 3.05) is 13.2 Å². The van der Waals surface area contributed by atoms with E-state index in [0.717, 1.165) is 12.0 Å². The smallest absolute Gasteiger partial charge is 0.309 e. The molecular formula is C14H14N2O4. The molecule has 2 aromatic rings. The highest BCUT2D eigenvalue weighted by atomic mass is 16.5. The minimum absolute atomic E-state index is 0.0935. The number of H-pyrrole nitrogens is 1. The van der Waals surface area contributed by atoms with Crippen molar-refractivity contribution < 1.29 is 19.4 Å². The molecule has 0 aliphatic carbocycles. The minimum Gasteiger partial charge on any atom is -0.490 e. The van der Waals surface area contributed by atoms with Crippen LogP contribution < -0.4 is 9.47 Å². The standard InChI is InChI=1S/C14H14N2O4/c17-13(18)7-10-14(16-8-15-10)9-2-3-11-12(6-9)20-5-1-4-19-11/h2-3,6,8H,1,4-5,7H2,(H,15,16)(H,17,18). The van der Waals surface area contributed by atoms with Crippen LogP contribution in [0.5, 0.6) is 11.5 Å². The van der Waals surface area contributed by atoms with E-state index in [1.54, 1.807) is 0 Å². The van der Waals surface area contributed by atoms with Gasteiger partial charge in [0.05, 0.1) is 37.3 Å². The number of hydrogen-bond donors (Lipinski definition) is 2. The summed E-state index contributed by atoms with van der Waals surface area (Å²) in [5, 5.41) is 8.89. The lowest BCUT2D eigenvalue weighted by atomic mass is 10.1. The molecule has 1 aliphatic heterocycles. The Kier molecular flexibility index (Phi) is 3.28. The largest absolute Gasteiger partial charge is 0.490 e. The predicted octanol–water partition coefficient (Wildman–Crippen LogP) is 1.87. The number of carboxylic acid groups (broad SMARTS) is 1. The Hall–Kier alpha value is -2.50. The molecule has 1 aromatic carbocycles. The lowest BCUT2D eigenvalue weighted by Gasteiger charge is -2.09. The molecule has 0 saturated carbocycles. The van der Waals surface area contributed by atoms with Gasteiger partial charge in [-0.2, -0.15) is 0 Å². The number of hydrogen-bond acceptors (Lipinski definition) is 4. The SMILES string of the molecule is O=C(O)Cc1[nH]cnc1-c1ccc2c(c1)OCCCO2. The molecule has 2 heterocycles. The number of nitrogens with zero attached hydrogens (tertiary/aromatic N) is 1. The fourth-order valence-corrected chi connectivity index (χ4v) is 2.17. The van der Waals surface area contributed by atoms with E-state index in [1.165, 1.54) is 6.33 Å². The average molecular weight is 274 g/mol. The van der Waals surface area contributed by atoms with E-state index < -0.39 is 5.97 Å². The summed E-state index contributed by atoms with van der Waals surface area (Å²) in [7, 11) is 0. The second-order valence-corrected chi connectivity index (χ2v) is 4.51. The van der Waals surface area contributed by atoms with Gasteiger partial charge in [-0.1, -0.05) is 0 Å². The topological polar surface area (TPSA) is 84.4 Å². The van der Waals surface area contributed by atoms with Crippen LogP contribution in [0.2, 0.25) is 0 Å². The Morgan fingerprint density at radius 1 is 1.30 bits per heavy atom. The fraction of sp³-hybridized carbons (Fsp3) is 0.286. The molecular weight excluding hydrogens is 260 g/mol. The first-order chi connectivity index (χ1) is 9.74. The number of aliphatic carboxylic acids is 1. The number of aromatic amines is 1. The van der Waals surface area contributed by atoms with Gasteiger partial charge >= 0.3 is 5.97 Å². The maximum Gasteiger partial charge on any atom is 0.309 e. The molecule has 0 unspecified atom stereocenters. The summed E-state index contributed by atoms with van der Waals surface area (Å²) in [5.74, 6) is 0.482. The molecule has 0 fully saturated rings. The third-order valence-corrected chi connectivity index (χ3v) is 3.07. The number of fused-ring (bicyclic) bond motifs is 1. The molecule has 2 N–H and O–H groups in total. The van der Waals surface area contributed by atoms with Gasteiger partial charge in [-0.15, -0.1) is 0 Å². The Bertz CT molecular complexity index is 636. The van der Waals surface area contributed by atoms with Gasteiger partial charge in [0.2, 0.25) is 0 Å². The first kappa shape index (κ1) is 12.5. The number of aromatic nitrogens is 2. The molecule has 0 amide bonds. The van der Waals surface area contributed by atoms with E-state index in [9.17, 15) is 4.79 Å². The van der Waals surface area contributed by atoms with Crippen molar-refractivity contribution in [1.29, 1.82) is 0 Å². The zero-order chi connectivity index (χ0) is 13.9. The van der Waals surface area contributed by atoms with Crippen molar-refractivity contribution in [2.45, 2.75) is 12.8 Å². The summed E-state index contributed by atoms with van der Waals surface area (Å²) in [6.45, 7) is 1.25. The van der Waals surface area contributed by atoms with E-state index in [4.69, 9.17) is 14.6 Å². The van der Waals surface area contributed by atoms with Crippen LogP contribution in [0.3, 0.4) is 0 Å². The molecule has 3 rings (SSSR count). The van der Waals surface area contributed by atoms with Crippen LogP contribution in [-0.2, 0) is 11.2 Å². The van der Waals surface area contributed by atoms with Crippen molar-refractivity contribution in [3.8, 4) is 22.8 Å². The maximum absolute atomic E-state index is 10.8. The first-order valence-electron chi connectivity index (χ1n) is 6.38. The van der Waals surface area contributed by atoms with Gasteiger partial charge in [-0.25, -0.2) is 4.98 Å². The van der Waals surface area contributed by atoms with E-state index in [-0.39, 0.29) is 6.42 Å². The molecule has 0 bridgehead atoms. The molecule has 6 heteroatoms. The summed E-state index contributed by atoms with van der Waals surface area (Å²) in [4.78, 5) is 17.9. The van der Waals surface area contributed by atoms with Gasteiger partial charge in [-0.3, -0.25) is 4.79 Å². The summed E-state index contributed by atoms with van der Waals surface area (Å²) in [6, 6.07) is 5.52. The monoisotopic (exact) mass is 274 g/mol. The molecule has 104 valence electrons. The van der Waals surface area contributed by atoms with Crippen LogP contribution in [0.1, 0.15) is 12.1 Å². The van der Waals surface area contributed by atoms with E-state index in [1.807, 2.05) is 18.2 Å². The highest BCUT2D eigenvalue weighted by molar-refractivity contribution is 5.74. The number of nitrogens with one attached hydrogen (secondary N) is 1. The summed E-state index contributed by atoms with van der Waals surface area (Å²) in [6.07, 6.45) is 2.25. The molecule has 6 nitrogen and oxygen atoms in total.